The molecule has 0 spiro atoms. The Labute approximate surface area is 80.9 Å². The zero-order valence-corrected chi connectivity index (χ0v) is 8.62. The maximum atomic E-state index is 9.80. The Balaban J connectivity index is 2.35. The van der Waals surface area contributed by atoms with Crippen LogP contribution in [0.15, 0.2) is 0 Å². The highest BCUT2D eigenvalue weighted by atomic mass is 127. The van der Waals surface area contributed by atoms with Crippen molar-refractivity contribution in [3.63, 3.8) is 0 Å². The molecule has 1 heterocycles. The smallest absolute Gasteiger partial charge is 0.0694 e. The average Bonchev–Trinajstić information content (AvgIpc) is 1.97. The summed E-state index contributed by atoms with van der Waals surface area (Å²) in [5.74, 6) is 0. The van der Waals surface area contributed by atoms with Crippen LogP contribution < -0.4 is 0 Å². The number of nitrogens with zero attached hydrogens (tertiary/aromatic N) is 1. The van der Waals surface area contributed by atoms with Crippen LogP contribution >= 0.6 is 22.9 Å². The third-order valence-electron chi connectivity index (χ3n) is 2.22. The molecule has 0 aromatic carbocycles. The van der Waals surface area contributed by atoms with E-state index in [2.05, 4.69) is 26.0 Å². The summed E-state index contributed by atoms with van der Waals surface area (Å²) in [5, 5.41) is 18.5. The molecule has 0 amide bonds. The third-order valence-corrected chi connectivity index (χ3v) is 3.18. The number of aliphatic hydroxyl groups is 2. The van der Waals surface area contributed by atoms with Crippen LogP contribution in [0, 0.1) is 0 Å². The standard InChI is InChI=1S/C7H14INO2/c8-9-4-1-7(11,2-5-9)3-6-10/h10-11H,1-6H2. The molecule has 3 nitrogen and oxygen atoms in total. The van der Waals surface area contributed by atoms with Crippen molar-refractivity contribution in [1.29, 1.82) is 0 Å². The fourth-order valence-corrected chi connectivity index (χ4v) is 1.84. The highest BCUT2D eigenvalue weighted by Gasteiger charge is 2.30. The van der Waals surface area contributed by atoms with E-state index in [1.54, 1.807) is 0 Å². The Bertz CT molecular complexity index is 124. The van der Waals surface area contributed by atoms with Crippen molar-refractivity contribution in [1.82, 2.24) is 3.11 Å². The van der Waals surface area contributed by atoms with E-state index < -0.39 is 5.60 Å². The van der Waals surface area contributed by atoms with E-state index in [9.17, 15) is 5.11 Å². The third kappa shape index (κ3) is 2.85. The molecular formula is C7H14INO2. The van der Waals surface area contributed by atoms with Gasteiger partial charge in [-0.2, -0.15) is 0 Å². The summed E-state index contributed by atoms with van der Waals surface area (Å²) in [6.07, 6.45) is 2.10. The first-order chi connectivity index (χ1) is 5.16. The van der Waals surface area contributed by atoms with Gasteiger partial charge in [0.15, 0.2) is 0 Å². The summed E-state index contributed by atoms with van der Waals surface area (Å²) in [4.78, 5) is 0. The van der Waals surface area contributed by atoms with E-state index in [1.807, 2.05) is 0 Å². The van der Waals surface area contributed by atoms with Crippen molar-refractivity contribution in [2.75, 3.05) is 19.7 Å². The lowest BCUT2D eigenvalue weighted by atomic mass is 9.90. The highest BCUT2D eigenvalue weighted by molar-refractivity contribution is 14.1. The van der Waals surface area contributed by atoms with Gasteiger partial charge in [-0.15, -0.1) is 0 Å². The van der Waals surface area contributed by atoms with Crippen molar-refractivity contribution in [2.24, 2.45) is 0 Å². The molecule has 1 rings (SSSR count). The second kappa shape index (κ2) is 4.02. The van der Waals surface area contributed by atoms with Crippen LogP contribution in [0.5, 0.6) is 0 Å². The molecule has 2 N–H and O–H groups in total. The Kier molecular flexibility index (Phi) is 3.54. The van der Waals surface area contributed by atoms with Gasteiger partial charge in [-0.25, -0.2) is 3.11 Å². The minimum atomic E-state index is -0.587. The predicted molar refractivity (Wildman–Crippen MR) is 51.5 cm³/mol. The number of halogens is 1. The van der Waals surface area contributed by atoms with Gasteiger partial charge < -0.3 is 10.2 Å². The Morgan fingerprint density at radius 1 is 1.36 bits per heavy atom. The second-order valence-corrected chi connectivity index (χ2v) is 4.47. The first-order valence-electron chi connectivity index (χ1n) is 3.90. The lowest BCUT2D eigenvalue weighted by molar-refractivity contribution is -0.0198. The van der Waals surface area contributed by atoms with Gasteiger partial charge in [0.1, 0.15) is 0 Å². The molecular weight excluding hydrogens is 257 g/mol. The zero-order valence-electron chi connectivity index (χ0n) is 6.46. The first kappa shape index (κ1) is 9.70. The lowest BCUT2D eigenvalue weighted by Crippen LogP contribution is -2.41. The van der Waals surface area contributed by atoms with Gasteiger partial charge >= 0.3 is 0 Å². The van der Waals surface area contributed by atoms with Crippen LogP contribution in [-0.4, -0.2) is 38.6 Å². The van der Waals surface area contributed by atoms with Crippen LogP contribution in [0.3, 0.4) is 0 Å². The average molecular weight is 271 g/mol. The van der Waals surface area contributed by atoms with Crippen molar-refractivity contribution in [2.45, 2.75) is 24.9 Å². The van der Waals surface area contributed by atoms with Crippen molar-refractivity contribution in [3.8, 4) is 0 Å². The summed E-state index contributed by atoms with van der Waals surface area (Å²) in [6.45, 7) is 1.95. The molecule has 0 unspecified atom stereocenters. The summed E-state index contributed by atoms with van der Waals surface area (Å²) < 4.78 is 2.17. The topological polar surface area (TPSA) is 43.7 Å². The van der Waals surface area contributed by atoms with Crippen LogP contribution in [0.4, 0.5) is 0 Å². The molecule has 0 atom stereocenters. The molecule has 1 saturated heterocycles. The van der Waals surface area contributed by atoms with Crippen molar-refractivity contribution >= 4 is 22.9 Å². The number of piperidine rings is 1. The van der Waals surface area contributed by atoms with Gasteiger partial charge in [0.05, 0.1) is 5.60 Å². The minimum absolute atomic E-state index is 0.0950. The van der Waals surface area contributed by atoms with E-state index in [0.29, 0.717) is 6.42 Å². The molecule has 0 aliphatic carbocycles. The summed E-state index contributed by atoms with van der Waals surface area (Å²) in [7, 11) is 0. The molecule has 0 radical (unpaired) electrons. The molecule has 1 aliphatic heterocycles. The fourth-order valence-electron chi connectivity index (χ4n) is 1.35. The van der Waals surface area contributed by atoms with Gasteiger partial charge in [-0.1, -0.05) is 0 Å². The summed E-state index contributed by atoms with van der Waals surface area (Å²) >= 11 is 2.26. The number of rotatable bonds is 2. The van der Waals surface area contributed by atoms with Crippen molar-refractivity contribution in [3.05, 3.63) is 0 Å². The van der Waals surface area contributed by atoms with Crippen molar-refractivity contribution < 1.29 is 10.2 Å². The number of hydrogen-bond donors (Lipinski definition) is 2. The SMILES string of the molecule is OCCC1(O)CCN(I)CC1. The Morgan fingerprint density at radius 2 is 1.91 bits per heavy atom. The fraction of sp³-hybridized carbons (Fsp3) is 1.00. The lowest BCUT2D eigenvalue weighted by Gasteiger charge is -2.35. The Hall–Kier alpha value is 0.610. The van der Waals surface area contributed by atoms with E-state index in [0.717, 1.165) is 25.9 Å². The normalized spacial score (nSPS) is 25.4. The van der Waals surface area contributed by atoms with Gasteiger partial charge in [0.25, 0.3) is 0 Å². The summed E-state index contributed by atoms with van der Waals surface area (Å²) in [6, 6.07) is 0. The molecule has 0 bridgehead atoms. The molecule has 1 aliphatic rings. The quantitative estimate of drug-likeness (QED) is 0.569. The van der Waals surface area contributed by atoms with Crippen LogP contribution in [0.25, 0.3) is 0 Å². The molecule has 66 valence electrons. The molecule has 11 heavy (non-hydrogen) atoms. The van der Waals surface area contributed by atoms with E-state index in [1.165, 1.54) is 0 Å². The predicted octanol–water partition coefficient (Wildman–Crippen LogP) is 0.546. The van der Waals surface area contributed by atoms with E-state index >= 15 is 0 Å². The molecule has 0 saturated carbocycles. The van der Waals surface area contributed by atoms with E-state index in [4.69, 9.17) is 5.11 Å². The summed E-state index contributed by atoms with van der Waals surface area (Å²) in [5.41, 5.74) is -0.587. The molecule has 1 fully saturated rings. The second-order valence-electron chi connectivity index (χ2n) is 3.11. The maximum absolute atomic E-state index is 9.80. The van der Waals surface area contributed by atoms with Gasteiger partial charge in [-0.3, -0.25) is 0 Å². The Morgan fingerprint density at radius 3 is 2.36 bits per heavy atom. The largest absolute Gasteiger partial charge is 0.396 e. The number of aliphatic hydroxyl groups excluding tert-OH is 1. The number of hydrogen-bond acceptors (Lipinski definition) is 3. The first-order valence-corrected chi connectivity index (χ1v) is 4.87. The molecule has 0 aromatic heterocycles. The van der Waals surface area contributed by atoms with Gasteiger partial charge in [0.2, 0.25) is 0 Å². The molecule has 4 heteroatoms. The maximum Gasteiger partial charge on any atom is 0.0694 e. The van der Waals surface area contributed by atoms with Crippen LogP contribution in [0.2, 0.25) is 0 Å². The van der Waals surface area contributed by atoms with E-state index in [-0.39, 0.29) is 6.61 Å². The van der Waals surface area contributed by atoms with Crippen LogP contribution in [0.1, 0.15) is 19.3 Å². The van der Waals surface area contributed by atoms with Gasteiger partial charge in [0, 0.05) is 42.6 Å². The zero-order chi connectivity index (χ0) is 8.32. The molecule has 0 aromatic rings. The van der Waals surface area contributed by atoms with Gasteiger partial charge in [-0.05, 0) is 19.3 Å². The highest BCUT2D eigenvalue weighted by Crippen LogP contribution is 2.26. The minimum Gasteiger partial charge on any atom is -0.396 e. The monoisotopic (exact) mass is 271 g/mol. The van der Waals surface area contributed by atoms with Crippen LogP contribution in [-0.2, 0) is 0 Å².